The molecule has 3 rings (SSSR count). The van der Waals surface area contributed by atoms with Crippen LogP contribution in [0.2, 0.25) is 0 Å². The topological polar surface area (TPSA) is 182 Å². The molecule has 37 heavy (non-hydrogen) atoms. The lowest BCUT2D eigenvalue weighted by Gasteiger charge is -2.23. The van der Waals surface area contributed by atoms with Crippen molar-refractivity contribution in [3.63, 3.8) is 0 Å². The molecule has 0 aliphatic heterocycles. The Morgan fingerprint density at radius 3 is 2.35 bits per heavy atom. The standard InChI is InChI=1S/C26H30N2O9/c1-13(32)27-21(9-24(34)35)26(36)28-20-5-3-14-7-15(10-29)18(11-30)19(12-31)25(14)16-4-6-23(37-2)22(33)8-17(16)20/h4,6-8,20-21,29-31H,3,5,9-12H2,1-2H3,(H,27,32)(H,28,36)(H,34,35)/t20?,21-/m0/s1. The Balaban J connectivity index is 2.23. The summed E-state index contributed by atoms with van der Waals surface area (Å²) < 4.78 is 5.19. The smallest absolute Gasteiger partial charge is 0.305 e. The molecule has 6 N–H and O–H groups in total. The predicted molar refractivity (Wildman–Crippen MR) is 132 cm³/mol. The highest BCUT2D eigenvalue weighted by Crippen LogP contribution is 2.41. The Kier molecular flexibility index (Phi) is 8.98. The summed E-state index contributed by atoms with van der Waals surface area (Å²) in [6.07, 6.45) is 0.00775. The summed E-state index contributed by atoms with van der Waals surface area (Å²) in [6.45, 7) is -0.0789. The monoisotopic (exact) mass is 514 g/mol. The van der Waals surface area contributed by atoms with Gasteiger partial charge in [0.15, 0.2) is 5.75 Å². The molecule has 0 saturated carbocycles. The van der Waals surface area contributed by atoms with E-state index in [1.807, 2.05) is 0 Å². The van der Waals surface area contributed by atoms with Crippen molar-refractivity contribution in [3.8, 4) is 16.9 Å². The van der Waals surface area contributed by atoms with E-state index in [4.69, 9.17) is 4.74 Å². The number of carboxylic acids is 1. The number of ether oxygens (including phenoxy) is 1. The summed E-state index contributed by atoms with van der Waals surface area (Å²) in [5, 5.41) is 44.5. The van der Waals surface area contributed by atoms with Crippen molar-refractivity contribution >= 4 is 17.8 Å². The highest BCUT2D eigenvalue weighted by molar-refractivity contribution is 5.90. The van der Waals surface area contributed by atoms with Gasteiger partial charge in [0.05, 0.1) is 39.4 Å². The minimum absolute atomic E-state index is 0.0432. The molecule has 11 heteroatoms. The largest absolute Gasteiger partial charge is 0.493 e. The van der Waals surface area contributed by atoms with Gasteiger partial charge >= 0.3 is 5.97 Å². The third-order valence-corrected chi connectivity index (χ3v) is 6.41. The second-order valence-electron chi connectivity index (χ2n) is 8.73. The van der Waals surface area contributed by atoms with Crippen molar-refractivity contribution in [3.05, 3.63) is 62.3 Å². The molecule has 2 amide bonds. The zero-order chi connectivity index (χ0) is 27.3. The van der Waals surface area contributed by atoms with Crippen LogP contribution in [0.15, 0.2) is 29.1 Å². The minimum atomic E-state index is -1.34. The van der Waals surface area contributed by atoms with E-state index >= 15 is 0 Å². The number of aliphatic hydroxyl groups is 3. The predicted octanol–water partition coefficient (Wildman–Crippen LogP) is 0.282. The molecule has 1 unspecified atom stereocenters. The van der Waals surface area contributed by atoms with Crippen LogP contribution < -0.4 is 20.8 Å². The molecular weight excluding hydrogens is 484 g/mol. The number of fused-ring (bicyclic) bond motifs is 3. The number of carbonyl (C=O) groups excluding carboxylic acids is 2. The third kappa shape index (κ3) is 5.96. The lowest BCUT2D eigenvalue weighted by atomic mass is 9.87. The van der Waals surface area contributed by atoms with E-state index in [0.717, 1.165) is 5.56 Å². The summed E-state index contributed by atoms with van der Waals surface area (Å²) in [7, 11) is 1.34. The van der Waals surface area contributed by atoms with Gasteiger partial charge in [0, 0.05) is 6.92 Å². The van der Waals surface area contributed by atoms with Crippen LogP contribution in [0.5, 0.6) is 5.75 Å². The van der Waals surface area contributed by atoms with E-state index in [2.05, 4.69) is 10.6 Å². The van der Waals surface area contributed by atoms with Gasteiger partial charge < -0.3 is 35.8 Å². The molecule has 1 aliphatic rings. The van der Waals surface area contributed by atoms with Crippen molar-refractivity contribution in [1.29, 1.82) is 0 Å². The number of aliphatic hydroxyl groups excluding tert-OH is 3. The van der Waals surface area contributed by atoms with Crippen LogP contribution in [0.1, 0.15) is 53.6 Å². The van der Waals surface area contributed by atoms with Gasteiger partial charge in [0.1, 0.15) is 6.04 Å². The van der Waals surface area contributed by atoms with Crippen LogP contribution in [-0.2, 0) is 40.6 Å². The highest BCUT2D eigenvalue weighted by Gasteiger charge is 2.30. The van der Waals surface area contributed by atoms with Crippen molar-refractivity contribution in [1.82, 2.24) is 10.6 Å². The van der Waals surface area contributed by atoms with Gasteiger partial charge in [0.2, 0.25) is 17.2 Å². The third-order valence-electron chi connectivity index (χ3n) is 6.41. The number of aliphatic carboxylic acids is 1. The number of carboxylic acid groups (broad SMARTS) is 1. The average Bonchev–Trinajstić information content (AvgIpc) is 3.10. The first kappa shape index (κ1) is 27.8. The van der Waals surface area contributed by atoms with Crippen molar-refractivity contribution < 1.29 is 39.5 Å². The minimum Gasteiger partial charge on any atom is -0.493 e. The molecule has 2 aromatic rings. The fraction of sp³-hybridized carbons (Fsp3) is 0.385. The molecule has 0 aromatic heterocycles. The van der Waals surface area contributed by atoms with Crippen molar-refractivity contribution in [2.24, 2.45) is 0 Å². The fourth-order valence-corrected chi connectivity index (χ4v) is 4.77. The van der Waals surface area contributed by atoms with Gasteiger partial charge in [-0.15, -0.1) is 0 Å². The van der Waals surface area contributed by atoms with Gasteiger partial charge in [-0.25, -0.2) is 0 Å². The average molecular weight is 515 g/mol. The molecular formula is C26H30N2O9. The molecule has 1 aliphatic carbocycles. The maximum atomic E-state index is 13.1. The van der Waals surface area contributed by atoms with Crippen LogP contribution in [0, 0.1) is 0 Å². The van der Waals surface area contributed by atoms with Crippen molar-refractivity contribution in [2.45, 2.75) is 58.1 Å². The van der Waals surface area contributed by atoms with E-state index in [-0.39, 0.29) is 18.8 Å². The quantitative estimate of drug-likeness (QED) is 0.274. The molecule has 11 nitrogen and oxygen atoms in total. The number of methoxy groups -OCH3 is 1. The second-order valence-corrected chi connectivity index (χ2v) is 8.73. The van der Waals surface area contributed by atoms with E-state index in [0.29, 0.717) is 39.8 Å². The summed E-state index contributed by atoms with van der Waals surface area (Å²) in [6, 6.07) is 4.03. The highest BCUT2D eigenvalue weighted by atomic mass is 16.5. The Morgan fingerprint density at radius 2 is 1.78 bits per heavy atom. The lowest BCUT2D eigenvalue weighted by molar-refractivity contribution is -0.140. The molecule has 0 heterocycles. The first-order chi connectivity index (χ1) is 17.6. The van der Waals surface area contributed by atoms with Gasteiger partial charge in [0.25, 0.3) is 0 Å². The van der Waals surface area contributed by atoms with Gasteiger partial charge in [-0.2, -0.15) is 0 Å². The Morgan fingerprint density at radius 1 is 1.08 bits per heavy atom. The molecule has 0 fully saturated rings. The molecule has 198 valence electrons. The van der Waals surface area contributed by atoms with Crippen LogP contribution in [0.25, 0.3) is 11.1 Å². The van der Waals surface area contributed by atoms with Gasteiger partial charge in [-0.1, -0.05) is 12.1 Å². The number of hydrogen-bond donors (Lipinski definition) is 6. The number of hydrogen-bond acceptors (Lipinski definition) is 8. The maximum Gasteiger partial charge on any atom is 0.305 e. The Hall–Kier alpha value is -3.80. The number of amides is 2. The van der Waals surface area contributed by atoms with Crippen molar-refractivity contribution in [2.75, 3.05) is 7.11 Å². The Bertz CT molecular complexity index is 1260. The molecule has 2 atom stereocenters. The molecule has 0 spiro atoms. The van der Waals surface area contributed by atoms with Crippen LogP contribution >= 0.6 is 0 Å². The SMILES string of the molecule is COc1ccc2c(cc1=O)C(NC(=O)[C@H](CC(=O)O)NC(C)=O)CCc1cc(CO)c(CO)c(CO)c1-2. The molecule has 2 aromatic carbocycles. The summed E-state index contributed by atoms with van der Waals surface area (Å²) in [4.78, 5) is 48.8. The number of benzene rings is 1. The van der Waals surface area contributed by atoms with Gasteiger partial charge in [-0.3, -0.25) is 19.2 Å². The van der Waals surface area contributed by atoms with E-state index in [9.17, 15) is 39.6 Å². The number of carbonyl (C=O) groups is 3. The Labute approximate surface area is 212 Å². The van der Waals surface area contributed by atoms with Gasteiger partial charge in [-0.05, 0) is 63.9 Å². The normalized spacial score (nSPS) is 15.0. The van der Waals surface area contributed by atoms with Crippen LogP contribution in [0.3, 0.4) is 0 Å². The molecule has 0 saturated heterocycles. The summed E-state index contributed by atoms with van der Waals surface area (Å²) in [5.74, 6) is -2.54. The first-order valence-corrected chi connectivity index (χ1v) is 11.7. The van der Waals surface area contributed by atoms with E-state index < -0.39 is 54.9 Å². The summed E-state index contributed by atoms with van der Waals surface area (Å²) in [5.41, 5.74) is 2.92. The molecule has 0 bridgehead atoms. The first-order valence-electron chi connectivity index (χ1n) is 11.7. The zero-order valence-corrected chi connectivity index (χ0v) is 20.5. The summed E-state index contributed by atoms with van der Waals surface area (Å²) >= 11 is 0. The molecule has 0 radical (unpaired) electrons. The number of rotatable bonds is 9. The van der Waals surface area contributed by atoms with Crippen LogP contribution in [-0.4, -0.2) is 51.4 Å². The number of aryl methyl sites for hydroxylation is 1. The zero-order valence-electron chi connectivity index (χ0n) is 20.5. The maximum absolute atomic E-state index is 13.1. The lowest BCUT2D eigenvalue weighted by Crippen LogP contribution is -2.48. The van der Waals surface area contributed by atoms with Crippen LogP contribution in [0.4, 0.5) is 0 Å². The number of nitrogens with one attached hydrogen (secondary N) is 2. The second kappa shape index (κ2) is 12.0. The van der Waals surface area contributed by atoms with E-state index in [1.165, 1.54) is 26.2 Å². The fourth-order valence-electron chi connectivity index (χ4n) is 4.77. The van der Waals surface area contributed by atoms with E-state index in [1.54, 1.807) is 12.1 Å².